The fraction of sp³-hybridized carbons (Fsp3) is 0.632. The third kappa shape index (κ3) is 9.47. The highest BCUT2D eigenvalue weighted by molar-refractivity contribution is 14.0. The van der Waals surface area contributed by atoms with E-state index in [-0.39, 0.29) is 24.0 Å². The Bertz CT molecular complexity index is 526. The molecule has 0 saturated carbocycles. The van der Waals surface area contributed by atoms with E-state index in [1.165, 1.54) is 12.8 Å². The van der Waals surface area contributed by atoms with Crippen LogP contribution in [0.2, 0.25) is 0 Å². The maximum Gasteiger partial charge on any atom is 0.191 e. The fourth-order valence-electron chi connectivity index (χ4n) is 2.39. The molecule has 2 N–H and O–H groups in total. The summed E-state index contributed by atoms with van der Waals surface area (Å²) in [5, 5.41) is 6.67. The maximum absolute atomic E-state index is 5.43. The molecule has 1 rings (SSSR count). The van der Waals surface area contributed by atoms with Crippen molar-refractivity contribution in [2.24, 2.45) is 4.99 Å². The zero-order valence-corrected chi connectivity index (χ0v) is 19.1. The van der Waals surface area contributed by atoms with Gasteiger partial charge in [-0.2, -0.15) is 0 Å². The van der Waals surface area contributed by atoms with Crippen molar-refractivity contribution in [1.29, 1.82) is 0 Å². The maximum atomic E-state index is 5.43. The summed E-state index contributed by atoms with van der Waals surface area (Å²) in [6.07, 6.45) is 2.47. The lowest BCUT2D eigenvalue weighted by atomic mass is 10.2. The second-order valence-electron chi connectivity index (χ2n) is 5.96. The second-order valence-corrected chi connectivity index (χ2v) is 5.96. The summed E-state index contributed by atoms with van der Waals surface area (Å²) >= 11 is 0. The number of ether oxygens (including phenoxy) is 2. The minimum atomic E-state index is 0. The van der Waals surface area contributed by atoms with E-state index in [9.17, 15) is 0 Å². The summed E-state index contributed by atoms with van der Waals surface area (Å²) in [6.45, 7) is 8.66. The Balaban J connectivity index is 0.00000625. The van der Waals surface area contributed by atoms with E-state index in [0.717, 1.165) is 49.2 Å². The Morgan fingerprint density at radius 2 is 1.88 bits per heavy atom. The van der Waals surface area contributed by atoms with E-state index in [1.54, 1.807) is 14.2 Å². The van der Waals surface area contributed by atoms with Crippen LogP contribution in [0.4, 0.5) is 0 Å². The minimum Gasteiger partial charge on any atom is -0.497 e. The molecule has 0 amide bonds. The highest BCUT2D eigenvalue weighted by atomic mass is 127. The number of nitrogens with zero attached hydrogens (tertiary/aromatic N) is 2. The van der Waals surface area contributed by atoms with Gasteiger partial charge in [-0.3, -0.25) is 0 Å². The summed E-state index contributed by atoms with van der Waals surface area (Å²) in [6, 6.07) is 5.80. The first-order chi connectivity index (χ1) is 12.1. The first-order valence-corrected chi connectivity index (χ1v) is 9.06. The monoisotopic (exact) mass is 478 g/mol. The average molecular weight is 478 g/mol. The van der Waals surface area contributed by atoms with E-state index in [2.05, 4.69) is 41.4 Å². The van der Waals surface area contributed by atoms with Crippen molar-refractivity contribution in [3.63, 3.8) is 0 Å². The summed E-state index contributed by atoms with van der Waals surface area (Å²) < 4.78 is 10.7. The van der Waals surface area contributed by atoms with E-state index >= 15 is 0 Å². The number of unbranched alkanes of at least 4 members (excludes halogenated alkanes) is 1. The van der Waals surface area contributed by atoms with Gasteiger partial charge in [0.2, 0.25) is 0 Å². The Labute approximate surface area is 175 Å². The molecule has 0 aliphatic heterocycles. The summed E-state index contributed by atoms with van der Waals surface area (Å²) in [4.78, 5) is 7.00. The lowest BCUT2D eigenvalue weighted by Gasteiger charge is -2.18. The molecule has 0 aliphatic carbocycles. The molecule has 7 heteroatoms. The topological polar surface area (TPSA) is 58.1 Å². The zero-order valence-electron chi connectivity index (χ0n) is 16.8. The molecule has 0 aliphatic rings. The van der Waals surface area contributed by atoms with Crippen molar-refractivity contribution in [2.75, 3.05) is 47.4 Å². The van der Waals surface area contributed by atoms with Crippen molar-refractivity contribution in [3.8, 4) is 11.5 Å². The molecular weight excluding hydrogens is 443 g/mol. The van der Waals surface area contributed by atoms with Gasteiger partial charge in [0, 0.05) is 31.3 Å². The minimum absolute atomic E-state index is 0. The molecule has 150 valence electrons. The number of benzene rings is 1. The van der Waals surface area contributed by atoms with Crippen LogP contribution in [0.1, 0.15) is 32.3 Å². The molecule has 26 heavy (non-hydrogen) atoms. The van der Waals surface area contributed by atoms with Crippen molar-refractivity contribution in [3.05, 3.63) is 23.8 Å². The van der Waals surface area contributed by atoms with Gasteiger partial charge >= 0.3 is 0 Å². The summed E-state index contributed by atoms with van der Waals surface area (Å²) in [5.74, 6) is 2.40. The predicted molar refractivity (Wildman–Crippen MR) is 120 cm³/mol. The lowest BCUT2D eigenvalue weighted by Crippen LogP contribution is -2.41. The van der Waals surface area contributed by atoms with Crippen LogP contribution < -0.4 is 20.1 Å². The molecule has 6 nitrogen and oxygen atoms in total. The smallest absolute Gasteiger partial charge is 0.191 e. The predicted octanol–water partition coefficient (Wildman–Crippen LogP) is 3.11. The van der Waals surface area contributed by atoms with E-state index in [0.29, 0.717) is 6.54 Å². The van der Waals surface area contributed by atoms with E-state index in [1.807, 2.05) is 18.2 Å². The largest absolute Gasteiger partial charge is 0.497 e. The molecule has 0 atom stereocenters. The van der Waals surface area contributed by atoms with Gasteiger partial charge in [0.1, 0.15) is 11.5 Å². The number of hydrogen-bond acceptors (Lipinski definition) is 4. The number of methoxy groups -OCH3 is 2. The van der Waals surface area contributed by atoms with Gasteiger partial charge in [-0.15, -0.1) is 24.0 Å². The van der Waals surface area contributed by atoms with Crippen LogP contribution in [-0.4, -0.2) is 58.3 Å². The van der Waals surface area contributed by atoms with Gasteiger partial charge in [-0.05, 0) is 39.1 Å². The highest BCUT2D eigenvalue weighted by Gasteiger charge is 2.05. The third-order valence-corrected chi connectivity index (χ3v) is 3.93. The molecule has 0 radical (unpaired) electrons. The number of likely N-dealkylation sites (N-methyl/N-ethyl adjacent to an activating group) is 1. The molecule has 0 unspecified atom stereocenters. The summed E-state index contributed by atoms with van der Waals surface area (Å²) in [7, 11) is 5.47. The molecule has 0 saturated heterocycles. The molecule has 1 aromatic rings. The standard InChI is InChI=1S/C19H34N4O2.HI/c1-6-8-12-23(3)13-11-21-19(20-7-2)22-15-16-9-10-17(24-4)14-18(16)25-5;/h9-10,14H,6-8,11-13,15H2,1-5H3,(H2,20,21,22);1H. The van der Waals surface area contributed by atoms with Crippen molar-refractivity contribution in [2.45, 2.75) is 33.2 Å². The zero-order chi connectivity index (χ0) is 18.5. The Kier molecular flexibility index (Phi) is 14.2. The Hall–Kier alpha value is -1.22. The molecule has 1 aromatic carbocycles. The van der Waals surface area contributed by atoms with Gasteiger partial charge < -0.3 is 25.0 Å². The number of aliphatic imine (C=N–C) groups is 1. The SMILES string of the molecule is CCCCN(C)CCNC(=NCc1ccc(OC)cc1OC)NCC.I. The van der Waals surface area contributed by atoms with Crippen molar-refractivity contribution < 1.29 is 9.47 Å². The van der Waals surface area contributed by atoms with Crippen molar-refractivity contribution >= 4 is 29.9 Å². The van der Waals surface area contributed by atoms with E-state index < -0.39 is 0 Å². The Morgan fingerprint density at radius 1 is 1.12 bits per heavy atom. The summed E-state index contributed by atoms with van der Waals surface area (Å²) in [5.41, 5.74) is 1.03. The van der Waals surface area contributed by atoms with Crippen LogP contribution >= 0.6 is 24.0 Å². The molecule has 0 spiro atoms. The van der Waals surface area contributed by atoms with Crippen LogP contribution in [-0.2, 0) is 6.54 Å². The van der Waals surface area contributed by atoms with Crippen LogP contribution in [0.15, 0.2) is 23.2 Å². The molecule has 0 bridgehead atoms. The number of halogens is 1. The number of nitrogens with one attached hydrogen (secondary N) is 2. The molecule has 0 fully saturated rings. The van der Waals surface area contributed by atoms with Gasteiger partial charge in [-0.1, -0.05) is 13.3 Å². The number of hydrogen-bond donors (Lipinski definition) is 2. The number of rotatable bonds is 11. The fourth-order valence-corrected chi connectivity index (χ4v) is 2.39. The first kappa shape index (κ1) is 24.8. The Morgan fingerprint density at radius 3 is 2.50 bits per heavy atom. The molecule has 0 aromatic heterocycles. The average Bonchev–Trinajstić information content (AvgIpc) is 2.64. The van der Waals surface area contributed by atoms with E-state index in [4.69, 9.17) is 9.47 Å². The molecular formula is C19H35IN4O2. The number of guanidine groups is 1. The van der Waals surface area contributed by atoms with Crippen LogP contribution in [0, 0.1) is 0 Å². The normalized spacial score (nSPS) is 11.1. The molecule has 0 heterocycles. The van der Waals surface area contributed by atoms with Gasteiger partial charge in [-0.25, -0.2) is 4.99 Å². The second kappa shape index (κ2) is 14.9. The van der Waals surface area contributed by atoms with Crippen LogP contribution in [0.3, 0.4) is 0 Å². The van der Waals surface area contributed by atoms with Gasteiger partial charge in [0.25, 0.3) is 0 Å². The van der Waals surface area contributed by atoms with Crippen LogP contribution in [0.25, 0.3) is 0 Å². The lowest BCUT2D eigenvalue weighted by molar-refractivity contribution is 0.332. The third-order valence-electron chi connectivity index (χ3n) is 3.93. The quantitative estimate of drug-likeness (QED) is 0.291. The van der Waals surface area contributed by atoms with Gasteiger partial charge in [0.15, 0.2) is 5.96 Å². The van der Waals surface area contributed by atoms with Crippen LogP contribution in [0.5, 0.6) is 11.5 Å². The van der Waals surface area contributed by atoms with Crippen molar-refractivity contribution in [1.82, 2.24) is 15.5 Å². The first-order valence-electron chi connectivity index (χ1n) is 9.06. The highest BCUT2D eigenvalue weighted by Crippen LogP contribution is 2.25. The van der Waals surface area contributed by atoms with Gasteiger partial charge in [0.05, 0.1) is 20.8 Å².